The molecule has 0 spiro atoms. The highest BCUT2D eigenvalue weighted by Crippen LogP contribution is 2.35. The second kappa shape index (κ2) is 6.62. The number of anilines is 1. The van der Waals surface area contributed by atoms with Gasteiger partial charge in [0, 0.05) is 12.1 Å². The molecule has 1 N–H and O–H groups in total. The number of nitro groups is 2. The predicted molar refractivity (Wildman–Crippen MR) is 80.3 cm³/mol. The molecule has 0 radical (unpaired) electrons. The Kier molecular flexibility index (Phi) is 4.78. The van der Waals surface area contributed by atoms with Crippen LogP contribution >= 0.6 is 11.3 Å². The summed E-state index contributed by atoms with van der Waals surface area (Å²) in [6, 6.07) is 4.63. The molecule has 0 amide bonds. The summed E-state index contributed by atoms with van der Waals surface area (Å²) in [7, 11) is 0. The molecular formula is C12H7F3N4O4S. The van der Waals surface area contributed by atoms with E-state index in [1.54, 1.807) is 0 Å². The van der Waals surface area contributed by atoms with E-state index in [1.807, 2.05) is 0 Å². The smallest absolute Gasteiger partial charge is 0.272 e. The van der Waals surface area contributed by atoms with Crippen LogP contribution in [0.3, 0.4) is 0 Å². The number of alkyl halides is 3. The van der Waals surface area contributed by atoms with Crippen molar-refractivity contribution in [1.82, 2.24) is 0 Å². The minimum absolute atomic E-state index is 0.114. The summed E-state index contributed by atoms with van der Waals surface area (Å²) in [6.07, 6.45) is -3.54. The molecule has 8 nitrogen and oxygen atoms in total. The van der Waals surface area contributed by atoms with E-state index in [0.717, 1.165) is 17.4 Å². The number of nitrogens with one attached hydrogen (secondary N) is 1. The van der Waals surface area contributed by atoms with Crippen molar-refractivity contribution in [2.75, 3.05) is 5.43 Å². The van der Waals surface area contributed by atoms with Crippen molar-refractivity contribution < 1.29 is 23.0 Å². The molecule has 0 atom stereocenters. The largest absolute Gasteiger partial charge is 0.416 e. The van der Waals surface area contributed by atoms with Crippen LogP contribution in [0, 0.1) is 20.2 Å². The quantitative estimate of drug-likeness (QED) is 0.492. The molecule has 0 aliphatic rings. The third-order valence-electron chi connectivity index (χ3n) is 2.69. The predicted octanol–water partition coefficient (Wildman–Crippen LogP) is 4.03. The van der Waals surface area contributed by atoms with E-state index >= 15 is 0 Å². The number of thiophene rings is 1. The van der Waals surface area contributed by atoms with Crippen molar-refractivity contribution in [3.05, 3.63) is 61.0 Å². The van der Waals surface area contributed by atoms with Gasteiger partial charge in [0.15, 0.2) is 0 Å². The fourth-order valence-corrected chi connectivity index (χ4v) is 2.32. The van der Waals surface area contributed by atoms with Gasteiger partial charge < -0.3 is 0 Å². The van der Waals surface area contributed by atoms with Crippen LogP contribution < -0.4 is 5.43 Å². The van der Waals surface area contributed by atoms with E-state index in [-0.39, 0.29) is 10.7 Å². The second-order valence-electron chi connectivity index (χ2n) is 4.29. The first-order valence-corrected chi connectivity index (χ1v) is 6.89. The van der Waals surface area contributed by atoms with Gasteiger partial charge in [-0.25, -0.2) is 0 Å². The van der Waals surface area contributed by atoms with Crippen LogP contribution in [0.4, 0.5) is 29.5 Å². The van der Waals surface area contributed by atoms with Crippen molar-refractivity contribution in [3.8, 4) is 0 Å². The van der Waals surface area contributed by atoms with Gasteiger partial charge in [0.05, 0.1) is 26.5 Å². The lowest BCUT2D eigenvalue weighted by atomic mass is 10.1. The van der Waals surface area contributed by atoms with Gasteiger partial charge in [-0.15, -0.1) is 0 Å². The summed E-state index contributed by atoms with van der Waals surface area (Å²) < 4.78 is 37.7. The summed E-state index contributed by atoms with van der Waals surface area (Å²) in [6.45, 7) is 0. The Morgan fingerprint density at radius 2 is 1.83 bits per heavy atom. The maximum atomic E-state index is 12.6. The van der Waals surface area contributed by atoms with Crippen LogP contribution in [0.5, 0.6) is 0 Å². The van der Waals surface area contributed by atoms with Gasteiger partial charge in [-0.05, 0) is 18.2 Å². The minimum Gasteiger partial charge on any atom is -0.272 e. The SMILES string of the molecule is O=[N+]([O-])c1ccc(C=NNc2ccc(C(F)(F)F)cc2[N+](=O)[O-])s1. The molecule has 0 unspecified atom stereocenters. The van der Waals surface area contributed by atoms with E-state index in [1.165, 1.54) is 18.3 Å². The van der Waals surface area contributed by atoms with E-state index in [9.17, 15) is 33.4 Å². The molecule has 1 aromatic carbocycles. The van der Waals surface area contributed by atoms with Crippen molar-refractivity contribution in [2.24, 2.45) is 5.10 Å². The summed E-state index contributed by atoms with van der Waals surface area (Å²) in [4.78, 5) is 20.3. The molecule has 1 heterocycles. The molecule has 126 valence electrons. The molecule has 2 aromatic rings. The number of nitro benzene ring substituents is 1. The molecule has 2 rings (SSSR count). The maximum Gasteiger partial charge on any atom is 0.416 e. The number of rotatable bonds is 5. The van der Waals surface area contributed by atoms with E-state index < -0.39 is 27.3 Å². The molecule has 0 bridgehead atoms. The van der Waals surface area contributed by atoms with Gasteiger partial charge in [-0.2, -0.15) is 18.3 Å². The van der Waals surface area contributed by atoms with Gasteiger partial charge in [0.1, 0.15) is 5.69 Å². The first kappa shape index (κ1) is 17.3. The van der Waals surface area contributed by atoms with Crippen molar-refractivity contribution in [3.63, 3.8) is 0 Å². The van der Waals surface area contributed by atoms with Crippen molar-refractivity contribution in [1.29, 1.82) is 0 Å². The van der Waals surface area contributed by atoms with Crippen molar-refractivity contribution >= 4 is 33.9 Å². The zero-order valence-electron chi connectivity index (χ0n) is 11.5. The first-order valence-electron chi connectivity index (χ1n) is 6.07. The number of nitrogens with zero attached hydrogens (tertiary/aromatic N) is 3. The Morgan fingerprint density at radius 1 is 1.12 bits per heavy atom. The van der Waals surface area contributed by atoms with Crippen LogP contribution in [0.15, 0.2) is 35.4 Å². The number of hydrogen-bond donors (Lipinski definition) is 1. The second-order valence-corrected chi connectivity index (χ2v) is 5.38. The molecular weight excluding hydrogens is 353 g/mol. The lowest BCUT2D eigenvalue weighted by molar-refractivity contribution is -0.384. The molecule has 0 saturated carbocycles. The number of hydrazone groups is 1. The molecule has 0 aliphatic carbocycles. The van der Waals surface area contributed by atoms with Crippen LogP contribution in [0.25, 0.3) is 0 Å². The standard InChI is InChI=1S/C12H7F3N4O4S/c13-12(14,15)7-1-3-9(10(5-7)18(20)21)17-16-6-8-2-4-11(24-8)19(22)23/h1-6,17H. The Bertz CT molecular complexity index is 819. The summed E-state index contributed by atoms with van der Waals surface area (Å²) in [5.74, 6) is 0. The van der Waals surface area contributed by atoms with E-state index in [4.69, 9.17) is 0 Å². The number of benzene rings is 1. The van der Waals surface area contributed by atoms with Gasteiger partial charge in [-0.1, -0.05) is 11.3 Å². The minimum atomic E-state index is -4.71. The molecule has 0 aliphatic heterocycles. The molecule has 0 saturated heterocycles. The summed E-state index contributed by atoms with van der Waals surface area (Å²) in [5, 5.41) is 24.9. The van der Waals surface area contributed by atoms with Crippen LogP contribution in [0.1, 0.15) is 10.4 Å². The number of halogens is 3. The lowest BCUT2D eigenvalue weighted by Crippen LogP contribution is -2.06. The van der Waals surface area contributed by atoms with E-state index in [2.05, 4.69) is 10.5 Å². The highest BCUT2D eigenvalue weighted by molar-refractivity contribution is 7.16. The lowest BCUT2D eigenvalue weighted by Gasteiger charge is -2.08. The number of hydrogen-bond acceptors (Lipinski definition) is 7. The van der Waals surface area contributed by atoms with Crippen LogP contribution in [-0.4, -0.2) is 16.1 Å². The Morgan fingerprint density at radius 3 is 2.38 bits per heavy atom. The third kappa shape index (κ3) is 4.04. The Labute approximate surface area is 135 Å². The van der Waals surface area contributed by atoms with Gasteiger partial charge in [0.25, 0.3) is 5.69 Å². The first-order chi connectivity index (χ1) is 11.2. The maximum absolute atomic E-state index is 12.6. The van der Waals surface area contributed by atoms with Gasteiger partial charge in [-0.3, -0.25) is 25.7 Å². The highest BCUT2D eigenvalue weighted by Gasteiger charge is 2.33. The fraction of sp³-hybridized carbons (Fsp3) is 0.0833. The van der Waals surface area contributed by atoms with Gasteiger partial charge >= 0.3 is 11.2 Å². The third-order valence-corrected chi connectivity index (χ3v) is 3.66. The normalized spacial score (nSPS) is 11.6. The Balaban J connectivity index is 2.21. The average Bonchev–Trinajstić information content (AvgIpc) is 2.95. The van der Waals surface area contributed by atoms with Gasteiger partial charge in [0.2, 0.25) is 0 Å². The Hall–Kier alpha value is -3.02. The van der Waals surface area contributed by atoms with Crippen LogP contribution in [0.2, 0.25) is 0 Å². The molecule has 0 fully saturated rings. The summed E-state index contributed by atoms with van der Waals surface area (Å²) >= 11 is 0.821. The monoisotopic (exact) mass is 360 g/mol. The zero-order valence-corrected chi connectivity index (χ0v) is 12.3. The fourth-order valence-electron chi connectivity index (χ4n) is 1.63. The molecule has 1 aromatic heterocycles. The molecule has 12 heteroatoms. The summed E-state index contributed by atoms with van der Waals surface area (Å²) in [5.41, 5.74) is 0.0696. The average molecular weight is 360 g/mol. The van der Waals surface area contributed by atoms with Crippen LogP contribution in [-0.2, 0) is 6.18 Å². The topological polar surface area (TPSA) is 111 Å². The van der Waals surface area contributed by atoms with E-state index in [0.29, 0.717) is 17.0 Å². The zero-order chi connectivity index (χ0) is 17.9. The highest BCUT2D eigenvalue weighted by atomic mass is 32.1. The molecule has 24 heavy (non-hydrogen) atoms. The van der Waals surface area contributed by atoms with Crippen molar-refractivity contribution in [2.45, 2.75) is 6.18 Å².